The van der Waals surface area contributed by atoms with Crippen LogP contribution in [0.3, 0.4) is 0 Å². The third-order valence-electron chi connectivity index (χ3n) is 6.51. The molecule has 2 rings (SSSR count). The van der Waals surface area contributed by atoms with Crippen molar-refractivity contribution >= 4 is 0 Å². The van der Waals surface area contributed by atoms with E-state index < -0.39 is 48.4 Å². The Kier molecular flexibility index (Phi) is 13.0. The molecule has 0 saturated heterocycles. The predicted molar refractivity (Wildman–Crippen MR) is 137 cm³/mol. The molecule has 250 valence electrons. The number of benzene rings is 2. The van der Waals surface area contributed by atoms with E-state index in [1.54, 1.807) is 24.3 Å². The first kappa shape index (κ1) is 37.2. The van der Waals surface area contributed by atoms with Crippen molar-refractivity contribution in [2.75, 3.05) is 13.2 Å². The van der Waals surface area contributed by atoms with Gasteiger partial charge in [0.15, 0.2) is 6.61 Å². The van der Waals surface area contributed by atoms with Gasteiger partial charge in [-0.3, -0.25) is 0 Å². The fraction of sp³-hybridized carbons (Fsp3) is 0.586. The Morgan fingerprint density at radius 2 is 0.932 bits per heavy atom. The van der Waals surface area contributed by atoms with E-state index in [0.717, 1.165) is 43.5 Å². The molecular weight excluding hydrogens is 624 g/mol. The Balaban J connectivity index is 1.89. The summed E-state index contributed by atoms with van der Waals surface area (Å²) in [4.78, 5) is 0. The molecule has 0 spiro atoms. The van der Waals surface area contributed by atoms with Crippen molar-refractivity contribution in [3.8, 4) is 23.0 Å². The molecule has 0 saturated carbocycles. The lowest BCUT2D eigenvalue weighted by atomic mass is 9.94. The van der Waals surface area contributed by atoms with Crippen molar-refractivity contribution in [1.82, 2.24) is 0 Å². The van der Waals surface area contributed by atoms with Crippen molar-refractivity contribution in [2.45, 2.75) is 94.3 Å². The summed E-state index contributed by atoms with van der Waals surface area (Å²) in [5, 5.41) is 0. The van der Waals surface area contributed by atoms with Crippen LogP contribution >= 0.6 is 0 Å². The molecule has 0 atom stereocenters. The van der Waals surface area contributed by atoms with E-state index in [1.807, 2.05) is 0 Å². The van der Waals surface area contributed by atoms with Gasteiger partial charge < -0.3 is 14.2 Å². The quantitative estimate of drug-likeness (QED) is 0.105. The van der Waals surface area contributed by atoms with Gasteiger partial charge in [0.1, 0.15) is 23.0 Å². The molecular formula is C29H32F12O3. The summed E-state index contributed by atoms with van der Waals surface area (Å²) < 4.78 is 175. The standard InChI is InChI=1S/C29H32F12O3/c1-2-3-4-5-6-7-8-9-18-42-20-10-14-22(15-11-20)44-23-16-12-21(13-17-23)43-19-25(32,33)27(36,37)29(40,41)28(38,39)26(34,35)24(30)31/h10-17,24H,2-9,18-19H2,1H3. The molecule has 0 aliphatic heterocycles. The van der Waals surface area contributed by atoms with Gasteiger partial charge in [-0.05, 0) is 55.0 Å². The monoisotopic (exact) mass is 656 g/mol. The largest absolute Gasteiger partial charge is 0.494 e. The van der Waals surface area contributed by atoms with E-state index in [0.29, 0.717) is 18.1 Å². The average molecular weight is 657 g/mol. The number of rotatable bonds is 20. The molecule has 0 amide bonds. The summed E-state index contributed by atoms with van der Waals surface area (Å²) in [5.41, 5.74) is 0. The highest BCUT2D eigenvalue weighted by Crippen LogP contribution is 2.58. The van der Waals surface area contributed by atoms with Gasteiger partial charge in [0.25, 0.3) is 0 Å². The molecule has 0 fully saturated rings. The Labute approximate surface area is 246 Å². The van der Waals surface area contributed by atoms with E-state index >= 15 is 0 Å². The number of unbranched alkanes of at least 4 members (excludes halogenated alkanes) is 7. The second-order valence-corrected chi connectivity index (χ2v) is 10.0. The first-order valence-corrected chi connectivity index (χ1v) is 13.7. The average Bonchev–Trinajstić information content (AvgIpc) is 2.96. The molecule has 15 heteroatoms. The normalized spacial score (nSPS) is 13.3. The molecule has 0 unspecified atom stereocenters. The maximum Gasteiger partial charge on any atom is 0.384 e. The lowest BCUT2D eigenvalue weighted by molar-refractivity contribution is -0.414. The fourth-order valence-corrected chi connectivity index (χ4v) is 3.81. The van der Waals surface area contributed by atoms with Gasteiger partial charge in [0.2, 0.25) is 0 Å². The van der Waals surface area contributed by atoms with Gasteiger partial charge in [0.05, 0.1) is 6.61 Å². The zero-order chi connectivity index (χ0) is 33.2. The number of halogens is 12. The first-order chi connectivity index (χ1) is 20.4. The van der Waals surface area contributed by atoms with Crippen LogP contribution in [-0.4, -0.2) is 49.3 Å². The molecule has 0 aliphatic carbocycles. The Bertz CT molecular complexity index is 1120. The number of ether oxygens (including phenoxy) is 3. The highest BCUT2D eigenvalue weighted by Gasteiger charge is 2.87. The summed E-state index contributed by atoms with van der Waals surface area (Å²) in [5.74, 6) is -35.3. The summed E-state index contributed by atoms with van der Waals surface area (Å²) in [6.45, 7) is 0.00678. The van der Waals surface area contributed by atoms with Gasteiger partial charge in [0, 0.05) is 0 Å². The molecule has 0 radical (unpaired) electrons. The molecule has 3 nitrogen and oxygen atoms in total. The third-order valence-corrected chi connectivity index (χ3v) is 6.51. The molecule has 44 heavy (non-hydrogen) atoms. The maximum atomic E-state index is 13.9. The topological polar surface area (TPSA) is 27.7 Å². The van der Waals surface area contributed by atoms with Crippen molar-refractivity contribution in [1.29, 1.82) is 0 Å². The highest BCUT2D eigenvalue weighted by atomic mass is 19.4. The third kappa shape index (κ3) is 8.80. The van der Waals surface area contributed by atoms with Crippen LogP contribution in [0.1, 0.15) is 58.3 Å². The summed E-state index contributed by atoms with van der Waals surface area (Å²) in [6.07, 6.45) is 3.64. The van der Waals surface area contributed by atoms with Crippen molar-refractivity contribution in [2.24, 2.45) is 0 Å². The highest BCUT2D eigenvalue weighted by molar-refractivity contribution is 5.37. The predicted octanol–water partition coefficient (Wildman–Crippen LogP) is 10.8. The zero-order valence-electron chi connectivity index (χ0n) is 23.5. The van der Waals surface area contributed by atoms with Crippen molar-refractivity contribution in [3.05, 3.63) is 48.5 Å². The minimum absolute atomic E-state index is 0.0856. The molecule has 0 aromatic heterocycles. The van der Waals surface area contributed by atoms with Crippen LogP contribution in [0.5, 0.6) is 23.0 Å². The minimum atomic E-state index is -7.60. The maximum absolute atomic E-state index is 13.9. The van der Waals surface area contributed by atoms with Crippen LogP contribution in [-0.2, 0) is 0 Å². The Morgan fingerprint density at radius 3 is 1.39 bits per heavy atom. The zero-order valence-corrected chi connectivity index (χ0v) is 23.5. The first-order valence-electron chi connectivity index (χ1n) is 13.7. The Hall–Kier alpha value is -3.00. The van der Waals surface area contributed by atoms with Gasteiger partial charge in [-0.2, -0.15) is 43.9 Å². The second-order valence-electron chi connectivity index (χ2n) is 10.0. The molecule has 2 aromatic carbocycles. The van der Waals surface area contributed by atoms with Crippen LogP contribution in [0.4, 0.5) is 52.7 Å². The van der Waals surface area contributed by atoms with Gasteiger partial charge in [-0.1, -0.05) is 51.9 Å². The minimum Gasteiger partial charge on any atom is -0.494 e. The van der Waals surface area contributed by atoms with E-state index in [9.17, 15) is 52.7 Å². The molecule has 0 aliphatic rings. The van der Waals surface area contributed by atoms with Gasteiger partial charge in [-0.25, -0.2) is 8.78 Å². The van der Waals surface area contributed by atoms with E-state index in [4.69, 9.17) is 9.47 Å². The van der Waals surface area contributed by atoms with E-state index in [-0.39, 0.29) is 5.75 Å². The molecule has 0 heterocycles. The van der Waals surface area contributed by atoms with Gasteiger partial charge in [-0.15, -0.1) is 0 Å². The van der Waals surface area contributed by atoms with Crippen LogP contribution in [0.2, 0.25) is 0 Å². The smallest absolute Gasteiger partial charge is 0.384 e. The van der Waals surface area contributed by atoms with Crippen LogP contribution in [0, 0.1) is 0 Å². The van der Waals surface area contributed by atoms with E-state index in [2.05, 4.69) is 11.7 Å². The molecule has 0 bridgehead atoms. The SMILES string of the molecule is CCCCCCCCCCOc1ccc(Oc2ccc(OCC(F)(F)C(F)(F)C(F)(F)C(F)(F)C(F)(F)C(F)F)cc2)cc1. The molecule has 2 aromatic rings. The van der Waals surface area contributed by atoms with Gasteiger partial charge >= 0.3 is 36.0 Å². The number of alkyl halides is 12. The van der Waals surface area contributed by atoms with E-state index in [1.165, 1.54) is 32.1 Å². The van der Waals surface area contributed by atoms with Crippen molar-refractivity contribution in [3.63, 3.8) is 0 Å². The summed E-state index contributed by atoms with van der Waals surface area (Å²) in [6, 6.07) is 10.3. The lowest BCUT2D eigenvalue weighted by Gasteiger charge is -2.39. The fourth-order valence-electron chi connectivity index (χ4n) is 3.81. The number of hydrogen-bond acceptors (Lipinski definition) is 3. The van der Waals surface area contributed by atoms with Crippen LogP contribution < -0.4 is 14.2 Å². The van der Waals surface area contributed by atoms with Crippen LogP contribution in [0.25, 0.3) is 0 Å². The molecule has 0 N–H and O–H groups in total. The second kappa shape index (κ2) is 15.3. The summed E-state index contributed by atoms with van der Waals surface area (Å²) >= 11 is 0. The number of hydrogen-bond donors (Lipinski definition) is 0. The van der Waals surface area contributed by atoms with Crippen LogP contribution in [0.15, 0.2) is 48.5 Å². The summed E-state index contributed by atoms with van der Waals surface area (Å²) in [7, 11) is 0. The lowest BCUT2D eigenvalue weighted by Crippen LogP contribution is -2.69. The van der Waals surface area contributed by atoms with Crippen molar-refractivity contribution < 1.29 is 66.9 Å². The Morgan fingerprint density at radius 1 is 0.523 bits per heavy atom.